The number of methoxy groups -OCH3 is 1. The van der Waals surface area contributed by atoms with Crippen LogP contribution in [0.2, 0.25) is 0 Å². The third-order valence-corrected chi connectivity index (χ3v) is 2.09. The Labute approximate surface area is 76.9 Å². The predicted molar refractivity (Wildman–Crippen MR) is 52.0 cm³/mol. The third-order valence-electron chi connectivity index (χ3n) is 2.09. The van der Waals surface area contributed by atoms with E-state index in [4.69, 9.17) is 4.74 Å². The zero-order chi connectivity index (χ0) is 9.26. The molecule has 1 aromatic heterocycles. The molecule has 0 aliphatic rings. The van der Waals surface area contributed by atoms with Gasteiger partial charge >= 0.3 is 0 Å². The van der Waals surface area contributed by atoms with E-state index in [1.807, 2.05) is 29.1 Å². The van der Waals surface area contributed by atoms with E-state index in [9.17, 15) is 0 Å². The average Bonchev–Trinajstić information content (AvgIpc) is 2.59. The second kappa shape index (κ2) is 3.09. The van der Waals surface area contributed by atoms with Crippen molar-refractivity contribution >= 4 is 10.9 Å². The fourth-order valence-electron chi connectivity index (χ4n) is 1.40. The molecule has 3 heteroatoms. The minimum absolute atomic E-state index is 0.838. The molecule has 0 radical (unpaired) electrons. The van der Waals surface area contributed by atoms with Crippen molar-refractivity contribution < 1.29 is 4.74 Å². The van der Waals surface area contributed by atoms with E-state index in [0.717, 1.165) is 23.2 Å². The van der Waals surface area contributed by atoms with Gasteiger partial charge in [-0.3, -0.25) is 4.68 Å². The lowest BCUT2D eigenvalue weighted by molar-refractivity contribution is 0.418. The molecule has 0 unspecified atom stereocenters. The summed E-state index contributed by atoms with van der Waals surface area (Å²) in [5.74, 6) is 0.838. The van der Waals surface area contributed by atoms with Crippen molar-refractivity contribution in [2.24, 2.45) is 0 Å². The summed E-state index contributed by atoms with van der Waals surface area (Å²) < 4.78 is 7.12. The van der Waals surface area contributed by atoms with Gasteiger partial charge in [0.05, 0.1) is 7.11 Å². The topological polar surface area (TPSA) is 27.1 Å². The van der Waals surface area contributed by atoms with Crippen molar-refractivity contribution in [2.75, 3.05) is 7.11 Å². The van der Waals surface area contributed by atoms with E-state index in [2.05, 4.69) is 12.0 Å². The molecule has 1 aromatic carbocycles. The van der Waals surface area contributed by atoms with Crippen LogP contribution in [0.1, 0.15) is 6.92 Å². The van der Waals surface area contributed by atoms with Crippen LogP contribution in [0.5, 0.6) is 5.75 Å². The third kappa shape index (κ3) is 1.26. The van der Waals surface area contributed by atoms with Crippen molar-refractivity contribution in [3.8, 4) is 5.75 Å². The molecule has 0 spiro atoms. The lowest BCUT2D eigenvalue weighted by atomic mass is 10.2. The van der Waals surface area contributed by atoms with Crippen LogP contribution in [0.25, 0.3) is 10.9 Å². The zero-order valence-corrected chi connectivity index (χ0v) is 7.82. The van der Waals surface area contributed by atoms with Gasteiger partial charge in [-0.2, -0.15) is 5.10 Å². The van der Waals surface area contributed by atoms with E-state index in [1.54, 1.807) is 7.11 Å². The number of hydrogen-bond donors (Lipinski definition) is 0. The molecule has 13 heavy (non-hydrogen) atoms. The minimum atomic E-state index is 0.838. The molecule has 0 bridgehead atoms. The molecule has 0 N–H and O–H groups in total. The maximum Gasteiger partial charge on any atom is 0.146 e. The molecule has 0 aliphatic heterocycles. The van der Waals surface area contributed by atoms with Gasteiger partial charge in [-0.05, 0) is 13.0 Å². The number of aryl methyl sites for hydroxylation is 1. The van der Waals surface area contributed by atoms with E-state index in [1.165, 1.54) is 0 Å². The summed E-state index contributed by atoms with van der Waals surface area (Å²) in [6, 6.07) is 5.94. The van der Waals surface area contributed by atoms with Gasteiger partial charge in [-0.1, -0.05) is 12.1 Å². The fourth-order valence-corrected chi connectivity index (χ4v) is 1.40. The number of nitrogens with zero attached hydrogens (tertiary/aromatic N) is 2. The van der Waals surface area contributed by atoms with Crippen LogP contribution in [0, 0.1) is 0 Å². The summed E-state index contributed by atoms with van der Waals surface area (Å²) in [5, 5.41) is 5.52. The molecule has 1 heterocycles. The number of hydrogen-bond acceptors (Lipinski definition) is 2. The number of benzene rings is 1. The Hall–Kier alpha value is -1.51. The summed E-state index contributed by atoms with van der Waals surface area (Å²) in [6.07, 6.45) is 2.03. The van der Waals surface area contributed by atoms with Gasteiger partial charge in [0.25, 0.3) is 0 Å². The van der Waals surface area contributed by atoms with Crippen LogP contribution in [0.15, 0.2) is 24.4 Å². The van der Waals surface area contributed by atoms with Crippen molar-refractivity contribution in [1.82, 2.24) is 9.78 Å². The first kappa shape index (κ1) is 8.10. The van der Waals surface area contributed by atoms with Crippen LogP contribution in [-0.4, -0.2) is 16.9 Å². The molecule has 0 saturated carbocycles. The van der Waals surface area contributed by atoms with Gasteiger partial charge in [-0.15, -0.1) is 0 Å². The summed E-state index contributed by atoms with van der Waals surface area (Å²) in [5.41, 5.74) is 0.937. The SMILES string of the molecule is CCn1cc2cccc(OC)c2n1. The summed E-state index contributed by atoms with van der Waals surface area (Å²) in [4.78, 5) is 0. The van der Waals surface area contributed by atoms with Crippen LogP contribution in [0.3, 0.4) is 0 Å². The Bertz CT molecular complexity index is 420. The molecule has 0 saturated heterocycles. The quantitative estimate of drug-likeness (QED) is 0.700. The molecular weight excluding hydrogens is 164 g/mol. The molecule has 2 rings (SSSR count). The highest BCUT2D eigenvalue weighted by Gasteiger charge is 2.04. The monoisotopic (exact) mass is 176 g/mol. The molecule has 0 fully saturated rings. The lowest BCUT2D eigenvalue weighted by Gasteiger charge is -1.98. The average molecular weight is 176 g/mol. The lowest BCUT2D eigenvalue weighted by Crippen LogP contribution is -1.93. The van der Waals surface area contributed by atoms with Gasteiger partial charge in [-0.25, -0.2) is 0 Å². The standard InChI is InChI=1S/C10H12N2O/c1-3-12-7-8-5-4-6-9(13-2)10(8)11-12/h4-7H,3H2,1-2H3. The highest BCUT2D eigenvalue weighted by atomic mass is 16.5. The Morgan fingerprint density at radius 1 is 1.46 bits per heavy atom. The van der Waals surface area contributed by atoms with Gasteiger partial charge in [0.1, 0.15) is 11.3 Å². The van der Waals surface area contributed by atoms with Gasteiger partial charge in [0.2, 0.25) is 0 Å². The van der Waals surface area contributed by atoms with E-state index >= 15 is 0 Å². The summed E-state index contributed by atoms with van der Waals surface area (Å²) in [6.45, 7) is 2.95. The number of rotatable bonds is 2. The van der Waals surface area contributed by atoms with E-state index in [-0.39, 0.29) is 0 Å². The van der Waals surface area contributed by atoms with Crippen molar-refractivity contribution in [2.45, 2.75) is 13.5 Å². The van der Waals surface area contributed by atoms with Crippen molar-refractivity contribution in [1.29, 1.82) is 0 Å². The normalized spacial score (nSPS) is 10.6. The minimum Gasteiger partial charge on any atom is -0.494 e. The molecule has 0 atom stereocenters. The Morgan fingerprint density at radius 2 is 2.31 bits per heavy atom. The Kier molecular flexibility index (Phi) is 1.93. The molecule has 2 aromatic rings. The molecule has 0 aliphatic carbocycles. The first-order valence-corrected chi connectivity index (χ1v) is 4.35. The molecule has 0 amide bonds. The second-order valence-electron chi connectivity index (χ2n) is 2.88. The van der Waals surface area contributed by atoms with E-state index in [0.29, 0.717) is 0 Å². The summed E-state index contributed by atoms with van der Waals surface area (Å²) in [7, 11) is 1.67. The molecular formula is C10H12N2O. The molecule has 3 nitrogen and oxygen atoms in total. The highest BCUT2D eigenvalue weighted by Crippen LogP contribution is 2.23. The van der Waals surface area contributed by atoms with Gasteiger partial charge < -0.3 is 4.74 Å². The smallest absolute Gasteiger partial charge is 0.146 e. The van der Waals surface area contributed by atoms with Crippen molar-refractivity contribution in [3.05, 3.63) is 24.4 Å². The van der Waals surface area contributed by atoms with Crippen LogP contribution < -0.4 is 4.74 Å². The Morgan fingerprint density at radius 3 is 3.00 bits per heavy atom. The maximum atomic E-state index is 5.21. The number of fused-ring (bicyclic) bond motifs is 1. The van der Waals surface area contributed by atoms with Crippen LogP contribution in [0.4, 0.5) is 0 Å². The van der Waals surface area contributed by atoms with E-state index < -0.39 is 0 Å². The van der Waals surface area contributed by atoms with Crippen LogP contribution in [-0.2, 0) is 6.54 Å². The first-order chi connectivity index (χ1) is 6.35. The Balaban J connectivity index is 2.67. The van der Waals surface area contributed by atoms with Gasteiger partial charge in [0, 0.05) is 18.1 Å². The second-order valence-corrected chi connectivity index (χ2v) is 2.88. The molecule has 68 valence electrons. The number of ether oxygens (including phenoxy) is 1. The largest absolute Gasteiger partial charge is 0.494 e. The zero-order valence-electron chi connectivity index (χ0n) is 7.82. The fraction of sp³-hybridized carbons (Fsp3) is 0.300. The summed E-state index contributed by atoms with van der Waals surface area (Å²) >= 11 is 0. The maximum absolute atomic E-state index is 5.21. The van der Waals surface area contributed by atoms with Crippen molar-refractivity contribution in [3.63, 3.8) is 0 Å². The highest BCUT2D eigenvalue weighted by molar-refractivity contribution is 5.83. The predicted octanol–water partition coefficient (Wildman–Crippen LogP) is 2.06. The van der Waals surface area contributed by atoms with Gasteiger partial charge in [0.15, 0.2) is 0 Å². The van der Waals surface area contributed by atoms with Crippen LogP contribution >= 0.6 is 0 Å². The first-order valence-electron chi connectivity index (χ1n) is 4.35. The number of aromatic nitrogens is 2.